The Bertz CT molecular complexity index is 561. The third-order valence-electron chi connectivity index (χ3n) is 2.49. The van der Waals surface area contributed by atoms with Crippen molar-refractivity contribution in [3.63, 3.8) is 0 Å². The van der Waals surface area contributed by atoms with Gasteiger partial charge in [-0.25, -0.2) is 0 Å². The van der Waals surface area contributed by atoms with E-state index in [1.54, 1.807) is 29.9 Å². The second-order valence-corrected chi connectivity index (χ2v) is 4.46. The lowest BCUT2D eigenvalue weighted by Gasteiger charge is -2.12. The molecule has 1 aromatic heterocycles. The highest BCUT2D eigenvalue weighted by Gasteiger charge is 2.15. The van der Waals surface area contributed by atoms with Crippen LogP contribution in [0.25, 0.3) is 0 Å². The van der Waals surface area contributed by atoms with Gasteiger partial charge in [-0.05, 0) is 29.8 Å². The molecular weight excluding hydrogens is 236 g/mol. The first kappa shape index (κ1) is 10.3. The van der Waals surface area contributed by atoms with E-state index < -0.39 is 0 Å². The van der Waals surface area contributed by atoms with E-state index in [9.17, 15) is 0 Å². The Morgan fingerprint density at radius 2 is 2.12 bits per heavy atom. The fourth-order valence-corrected chi connectivity index (χ4v) is 2.41. The van der Waals surface area contributed by atoms with Crippen LogP contribution in [0.1, 0.15) is 5.56 Å². The minimum Gasteiger partial charge on any atom is -0.497 e. The lowest BCUT2D eigenvalue weighted by molar-refractivity contribution is 0.415. The summed E-state index contributed by atoms with van der Waals surface area (Å²) in [6, 6.07) is 7.88. The maximum atomic E-state index is 5.13. The Morgan fingerprint density at radius 1 is 1.29 bits per heavy atom. The minimum atomic E-state index is 0.811. The molecule has 0 atom stereocenters. The first-order valence-corrected chi connectivity index (χ1v) is 6.10. The quantitative estimate of drug-likeness (QED) is 0.808. The molecule has 1 aromatic carbocycles. The summed E-state index contributed by atoms with van der Waals surface area (Å²) in [5.41, 5.74) is 2.11. The summed E-state index contributed by atoms with van der Waals surface area (Å²) in [4.78, 5) is 0. The molecule has 1 aliphatic heterocycles. The normalized spacial score (nSPS) is 14.1. The lowest BCUT2D eigenvalue weighted by Crippen LogP contribution is -2.12. The molecule has 0 saturated carbocycles. The highest BCUT2D eigenvalue weighted by Crippen LogP contribution is 2.22. The van der Waals surface area contributed by atoms with Gasteiger partial charge in [-0.1, -0.05) is 11.8 Å². The van der Waals surface area contributed by atoms with Gasteiger partial charge in [0.2, 0.25) is 5.16 Å². The fraction of sp³-hybridized carbons (Fsp3) is 0.182. The van der Waals surface area contributed by atoms with Gasteiger partial charge in [0.25, 0.3) is 0 Å². The maximum Gasteiger partial charge on any atom is 0.212 e. The smallest absolute Gasteiger partial charge is 0.212 e. The highest BCUT2D eigenvalue weighted by molar-refractivity contribution is 7.99. The molecule has 0 N–H and O–H groups in total. The molecular formula is C11H10N4OS. The molecule has 0 fully saturated rings. The molecule has 0 aliphatic carbocycles. The number of hydrogen-bond acceptors (Lipinski definition) is 5. The van der Waals surface area contributed by atoms with Crippen LogP contribution in [0.5, 0.6) is 5.75 Å². The van der Waals surface area contributed by atoms with Gasteiger partial charge in [0, 0.05) is 5.75 Å². The number of rotatable bonds is 2. The monoisotopic (exact) mass is 246 g/mol. The molecule has 17 heavy (non-hydrogen) atoms. The highest BCUT2D eigenvalue weighted by atomic mass is 32.2. The number of methoxy groups -OCH3 is 1. The van der Waals surface area contributed by atoms with Crippen LogP contribution in [-0.2, 0) is 0 Å². The summed E-state index contributed by atoms with van der Waals surface area (Å²) in [7, 11) is 1.66. The van der Waals surface area contributed by atoms with E-state index >= 15 is 0 Å². The maximum absolute atomic E-state index is 5.13. The lowest BCUT2D eigenvalue weighted by atomic mass is 10.1. The zero-order valence-corrected chi connectivity index (χ0v) is 10.0. The molecule has 2 heterocycles. The van der Waals surface area contributed by atoms with E-state index in [0.717, 1.165) is 27.9 Å². The fourth-order valence-electron chi connectivity index (χ4n) is 1.60. The van der Waals surface area contributed by atoms with Crippen LogP contribution in [0.15, 0.2) is 40.9 Å². The van der Waals surface area contributed by atoms with Crippen LogP contribution < -0.4 is 4.74 Å². The van der Waals surface area contributed by atoms with Gasteiger partial charge >= 0.3 is 0 Å². The Labute approximate surface area is 103 Å². The van der Waals surface area contributed by atoms with Crippen molar-refractivity contribution in [2.24, 2.45) is 5.10 Å². The molecule has 5 nitrogen and oxygen atoms in total. The Balaban J connectivity index is 1.95. The zero-order valence-electron chi connectivity index (χ0n) is 9.20. The van der Waals surface area contributed by atoms with Crippen LogP contribution in [0.3, 0.4) is 0 Å². The van der Waals surface area contributed by atoms with Gasteiger partial charge in [-0.15, -0.1) is 10.2 Å². The number of aromatic nitrogens is 3. The average molecular weight is 246 g/mol. The van der Waals surface area contributed by atoms with Crippen molar-refractivity contribution in [2.45, 2.75) is 5.16 Å². The van der Waals surface area contributed by atoms with E-state index in [0.29, 0.717) is 0 Å². The number of ether oxygens (including phenoxy) is 1. The molecule has 0 spiro atoms. The summed E-state index contributed by atoms with van der Waals surface area (Å²) in [5, 5.41) is 13.1. The SMILES string of the molecule is COc1ccc(C2=Nn3cnnc3SC2)cc1. The van der Waals surface area contributed by atoms with Crippen molar-refractivity contribution in [3.8, 4) is 5.75 Å². The Kier molecular flexibility index (Phi) is 2.56. The van der Waals surface area contributed by atoms with E-state index in [4.69, 9.17) is 4.74 Å². The van der Waals surface area contributed by atoms with Crippen LogP contribution >= 0.6 is 11.8 Å². The van der Waals surface area contributed by atoms with E-state index in [-0.39, 0.29) is 0 Å². The number of benzene rings is 1. The van der Waals surface area contributed by atoms with Crippen molar-refractivity contribution in [1.29, 1.82) is 0 Å². The molecule has 0 unspecified atom stereocenters. The largest absolute Gasteiger partial charge is 0.497 e. The molecule has 2 aromatic rings. The number of thioether (sulfide) groups is 1. The summed E-state index contributed by atoms with van der Waals surface area (Å²) in [6.45, 7) is 0. The van der Waals surface area contributed by atoms with Gasteiger partial charge in [0.05, 0.1) is 12.8 Å². The molecule has 0 saturated heterocycles. The van der Waals surface area contributed by atoms with E-state index in [2.05, 4.69) is 15.3 Å². The third kappa shape index (κ3) is 1.91. The van der Waals surface area contributed by atoms with Crippen molar-refractivity contribution in [2.75, 3.05) is 12.9 Å². The first-order chi connectivity index (χ1) is 8.36. The van der Waals surface area contributed by atoms with Crippen LogP contribution in [0.4, 0.5) is 0 Å². The minimum absolute atomic E-state index is 0.811. The van der Waals surface area contributed by atoms with Crippen molar-refractivity contribution >= 4 is 17.5 Å². The molecule has 0 bridgehead atoms. The van der Waals surface area contributed by atoms with Crippen LogP contribution in [-0.4, -0.2) is 33.4 Å². The molecule has 3 rings (SSSR count). The predicted molar refractivity (Wildman–Crippen MR) is 65.7 cm³/mol. The van der Waals surface area contributed by atoms with Crippen LogP contribution in [0.2, 0.25) is 0 Å². The topological polar surface area (TPSA) is 52.3 Å². The van der Waals surface area contributed by atoms with Crippen molar-refractivity contribution in [3.05, 3.63) is 36.2 Å². The molecule has 1 aliphatic rings. The standard InChI is InChI=1S/C11H10N4OS/c1-16-9-4-2-8(3-5-9)10-6-17-11-13-12-7-15(11)14-10/h2-5,7H,6H2,1H3. The van der Waals surface area contributed by atoms with Crippen molar-refractivity contribution < 1.29 is 4.74 Å². The number of hydrogen-bond donors (Lipinski definition) is 0. The van der Waals surface area contributed by atoms with Gasteiger partial charge in [0.15, 0.2) is 0 Å². The first-order valence-electron chi connectivity index (χ1n) is 5.12. The van der Waals surface area contributed by atoms with Crippen molar-refractivity contribution in [1.82, 2.24) is 14.9 Å². The molecule has 0 amide bonds. The summed E-state index contributed by atoms with van der Waals surface area (Å²) in [6.07, 6.45) is 1.62. The zero-order chi connectivity index (χ0) is 11.7. The predicted octanol–water partition coefficient (Wildman–Crippen LogP) is 1.64. The summed E-state index contributed by atoms with van der Waals surface area (Å²) >= 11 is 1.64. The second-order valence-electron chi connectivity index (χ2n) is 3.52. The second kappa shape index (κ2) is 4.21. The van der Waals surface area contributed by atoms with Gasteiger partial charge in [-0.3, -0.25) is 0 Å². The van der Waals surface area contributed by atoms with E-state index in [1.807, 2.05) is 24.3 Å². The Morgan fingerprint density at radius 3 is 2.88 bits per heavy atom. The molecule has 6 heteroatoms. The molecule has 0 radical (unpaired) electrons. The van der Waals surface area contributed by atoms with Crippen LogP contribution in [0, 0.1) is 0 Å². The third-order valence-corrected chi connectivity index (χ3v) is 3.43. The Hall–Kier alpha value is -1.82. The van der Waals surface area contributed by atoms with E-state index in [1.165, 1.54) is 0 Å². The number of nitrogens with zero attached hydrogens (tertiary/aromatic N) is 4. The van der Waals surface area contributed by atoms with Gasteiger partial charge < -0.3 is 4.74 Å². The van der Waals surface area contributed by atoms with Gasteiger partial charge in [-0.2, -0.15) is 9.78 Å². The average Bonchev–Trinajstić information content (AvgIpc) is 2.86. The summed E-state index contributed by atoms with van der Waals surface area (Å²) in [5.74, 6) is 1.66. The number of fused-ring (bicyclic) bond motifs is 1. The molecule has 86 valence electrons. The van der Waals surface area contributed by atoms with Gasteiger partial charge in [0.1, 0.15) is 12.1 Å². The summed E-state index contributed by atoms with van der Waals surface area (Å²) < 4.78 is 6.83.